The summed E-state index contributed by atoms with van der Waals surface area (Å²) in [5.41, 5.74) is 7.45. The number of hydrogen-bond acceptors (Lipinski definition) is 6. The van der Waals surface area contributed by atoms with Crippen LogP contribution in [0.5, 0.6) is 5.75 Å². The van der Waals surface area contributed by atoms with Crippen LogP contribution in [0, 0.1) is 13.8 Å². The highest BCUT2D eigenvalue weighted by atomic mass is 16.6. The molecule has 2 unspecified atom stereocenters. The van der Waals surface area contributed by atoms with Gasteiger partial charge in [-0.3, -0.25) is 14.4 Å². The van der Waals surface area contributed by atoms with E-state index in [0.717, 1.165) is 11.1 Å². The lowest BCUT2D eigenvalue weighted by molar-refractivity contribution is -0.143. The molecule has 0 spiro atoms. The number of amides is 4. The average Bonchev–Trinajstić information content (AvgIpc) is 2.85. The number of nitrogens with one attached hydrogen (secondary N) is 2. The monoisotopic (exact) mass is 554 g/mol. The van der Waals surface area contributed by atoms with Crippen LogP contribution in [-0.2, 0) is 19.1 Å². The third-order valence-electron chi connectivity index (χ3n) is 6.09. The lowest BCUT2D eigenvalue weighted by Crippen LogP contribution is -2.54. The summed E-state index contributed by atoms with van der Waals surface area (Å²) in [5.74, 6) is -0.971. The van der Waals surface area contributed by atoms with Crippen molar-refractivity contribution in [2.45, 2.75) is 85.0 Å². The lowest BCUT2D eigenvalue weighted by atomic mass is 9.94. The van der Waals surface area contributed by atoms with E-state index in [2.05, 4.69) is 10.6 Å². The predicted octanol–water partition coefficient (Wildman–Crippen LogP) is 4.39. The van der Waals surface area contributed by atoms with E-state index in [0.29, 0.717) is 17.0 Å². The summed E-state index contributed by atoms with van der Waals surface area (Å²) >= 11 is 0. The fourth-order valence-electron chi connectivity index (χ4n) is 4.21. The molecule has 0 radical (unpaired) electrons. The quantitative estimate of drug-likeness (QED) is 0.376. The van der Waals surface area contributed by atoms with E-state index in [9.17, 15) is 19.2 Å². The average molecular weight is 555 g/mol. The van der Waals surface area contributed by atoms with Crippen LogP contribution in [0.2, 0.25) is 0 Å². The van der Waals surface area contributed by atoms with Gasteiger partial charge >= 0.3 is 6.09 Å². The van der Waals surface area contributed by atoms with Crippen LogP contribution >= 0.6 is 0 Å². The molecule has 40 heavy (non-hydrogen) atoms. The van der Waals surface area contributed by atoms with Gasteiger partial charge in [0, 0.05) is 18.2 Å². The molecule has 0 saturated heterocycles. The van der Waals surface area contributed by atoms with Gasteiger partial charge in [0.05, 0.1) is 7.11 Å². The van der Waals surface area contributed by atoms with E-state index in [4.69, 9.17) is 15.2 Å². The number of methoxy groups -OCH3 is 1. The van der Waals surface area contributed by atoms with Gasteiger partial charge < -0.3 is 30.7 Å². The highest BCUT2D eigenvalue weighted by molar-refractivity contribution is 5.99. The Kier molecular flexibility index (Phi) is 11.1. The molecule has 2 atom stereocenters. The van der Waals surface area contributed by atoms with Crippen molar-refractivity contribution in [3.8, 4) is 5.75 Å². The molecule has 0 aliphatic rings. The van der Waals surface area contributed by atoms with E-state index in [1.165, 1.54) is 4.90 Å². The van der Waals surface area contributed by atoms with E-state index in [1.54, 1.807) is 66.0 Å². The van der Waals surface area contributed by atoms with Gasteiger partial charge in [-0.25, -0.2) is 4.79 Å². The molecule has 10 nitrogen and oxygen atoms in total. The number of nitrogens with two attached hydrogens (primary N) is 1. The molecule has 4 N–H and O–H groups in total. The van der Waals surface area contributed by atoms with Gasteiger partial charge in [0.15, 0.2) is 0 Å². The maximum absolute atomic E-state index is 14.2. The number of carbonyl (C=O) groups excluding carboxylic acids is 4. The summed E-state index contributed by atoms with van der Waals surface area (Å²) in [6.45, 7) is 12.5. The fourth-order valence-corrected chi connectivity index (χ4v) is 4.21. The zero-order valence-corrected chi connectivity index (χ0v) is 24.7. The van der Waals surface area contributed by atoms with E-state index in [1.807, 2.05) is 32.0 Å². The topological polar surface area (TPSA) is 140 Å². The summed E-state index contributed by atoms with van der Waals surface area (Å²) in [6, 6.07) is 9.87. The minimum Gasteiger partial charge on any atom is -0.497 e. The molecule has 0 saturated carbocycles. The van der Waals surface area contributed by atoms with Crippen molar-refractivity contribution in [3.63, 3.8) is 0 Å². The Morgan fingerprint density at radius 1 is 1.00 bits per heavy atom. The molecule has 10 heteroatoms. The molecular weight excluding hydrogens is 512 g/mol. The number of rotatable bonds is 11. The molecule has 2 rings (SSSR count). The minimum absolute atomic E-state index is 0.0593. The number of nitrogens with zero attached hydrogens (tertiary/aromatic N) is 1. The Morgan fingerprint density at radius 2 is 1.62 bits per heavy atom. The predicted molar refractivity (Wildman–Crippen MR) is 154 cm³/mol. The van der Waals surface area contributed by atoms with Gasteiger partial charge in [0.2, 0.25) is 11.8 Å². The summed E-state index contributed by atoms with van der Waals surface area (Å²) in [5, 5.41) is 5.51. The van der Waals surface area contributed by atoms with Gasteiger partial charge in [-0.1, -0.05) is 23.8 Å². The number of benzene rings is 2. The molecule has 218 valence electrons. The largest absolute Gasteiger partial charge is 0.497 e. The molecule has 2 aromatic carbocycles. The second-order valence-corrected chi connectivity index (χ2v) is 11.0. The zero-order valence-electron chi connectivity index (χ0n) is 24.7. The zero-order chi connectivity index (χ0) is 30.2. The number of carbonyl (C=O) groups is 4. The van der Waals surface area contributed by atoms with Crippen molar-refractivity contribution in [2.24, 2.45) is 5.73 Å². The summed E-state index contributed by atoms with van der Waals surface area (Å²) in [4.78, 5) is 53.8. The molecule has 2 aromatic rings. The molecule has 4 amide bonds. The third-order valence-corrected chi connectivity index (χ3v) is 6.09. The van der Waals surface area contributed by atoms with Crippen molar-refractivity contribution in [3.05, 3.63) is 59.2 Å². The first-order valence-corrected chi connectivity index (χ1v) is 13.2. The van der Waals surface area contributed by atoms with Crippen molar-refractivity contribution in [1.29, 1.82) is 0 Å². The van der Waals surface area contributed by atoms with Gasteiger partial charge in [-0.2, -0.15) is 0 Å². The molecular formula is C30H42N4O6. The Labute approximate surface area is 236 Å². The molecule has 0 heterocycles. The first kappa shape index (κ1) is 32.1. The molecule has 0 aromatic heterocycles. The lowest BCUT2D eigenvalue weighted by Gasteiger charge is -2.37. The first-order chi connectivity index (χ1) is 18.6. The van der Waals surface area contributed by atoms with Crippen molar-refractivity contribution in [2.75, 3.05) is 12.4 Å². The van der Waals surface area contributed by atoms with E-state index >= 15 is 0 Å². The minimum atomic E-state index is -1.16. The Hall–Kier alpha value is -4.08. The number of primary amides is 1. The van der Waals surface area contributed by atoms with E-state index in [-0.39, 0.29) is 12.8 Å². The number of anilines is 1. The standard InChI is InChI=1S/C30H42N4O6/c1-18(2)34(28(37)24(15-16-25(31)35)33-29(38)40-30(5,6)7)26(23-17-19(3)9-10-20(23)4)27(36)32-21-11-13-22(39-8)14-12-21/h9-14,17-18,24,26H,15-16H2,1-8H3,(H2,31,35)(H,32,36)(H,33,38). The Balaban J connectivity index is 2.57. The summed E-state index contributed by atoms with van der Waals surface area (Å²) in [7, 11) is 1.55. The summed E-state index contributed by atoms with van der Waals surface area (Å²) in [6.07, 6.45) is -1.02. The maximum atomic E-state index is 14.2. The van der Waals surface area contributed by atoms with Gasteiger partial charge in [-0.15, -0.1) is 0 Å². The van der Waals surface area contributed by atoms with Crippen LogP contribution in [-0.4, -0.2) is 53.5 Å². The van der Waals surface area contributed by atoms with Gasteiger partial charge in [0.25, 0.3) is 5.91 Å². The number of aryl methyl sites for hydroxylation is 2. The molecule has 0 bridgehead atoms. The molecule has 0 aliphatic heterocycles. The first-order valence-electron chi connectivity index (χ1n) is 13.2. The van der Waals surface area contributed by atoms with Crippen molar-refractivity contribution >= 4 is 29.5 Å². The van der Waals surface area contributed by atoms with Gasteiger partial charge in [-0.05, 0) is 90.3 Å². The van der Waals surface area contributed by atoms with E-state index < -0.39 is 47.5 Å². The van der Waals surface area contributed by atoms with Crippen LogP contribution < -0.4 is 21.1 Å². The second-order valence-electron chi connectivity index (χ2n) is 11.0. The molecule has 0 aliphatic carbocycles. The van der Waals surface area contributed by atoms with Gasteiger partial charge in [0.1, 0.15) is 23.4 Å². The third kappa shape index (κ3) is 9.29. The van der Waals surface area contributed by atoms with Crippen LogP contribution in [0.1, 0.15) is 70.2 Å². The second kappa shape index (κ2) is 13.8. The van der Waals surface area contributed by atoms with Crippen molar-refractivity contribution < 1.29 is 28.7 Å². The smallest absolute Gasteiger partial charge is 0.408 e. The maximum Gasteiger partial charge on any atom is 0.408 e. The van der Waals surface area contributed by atoms with Crippen LogP contribution in [0.25, 0.3) is 0 Å². The van der Waals surface area contributed by atoms with Crippen LogP contribution in [0.15, 0.2) is 42.5 Å². The summed E-state index contributed by atoms with van der Waals surface area (Å²) < 4.78 is 10.6. The Morgan fingerprint density at radius 3 is 2.15 bits per heavy atom. The Bertz CT molecular complexity index is 1200. The number of ether oxygens (including phenoxy) is 2. The fraction of sp³-hybridized carbons (Fsp3) is 0.467. The number of alkyl carbamates (subject to hydrolysis) is 1. The van der Waals surface area contributed by atoms with Crippen LogP contribution in [0.4, 0.5) is 10.5 Å². The van der Waals surface area contributed by atoms with Crippen LogP contribution in [0.3, 0.4) is 0 Å². The normalized spacial score (nSPS) is 12.7. The highest BCUT2D eigenvalue weighted by Gasteiger charge is 2.38. The number of hydrogen-bond donors (Lipinski definition) is 3. The SMILES string of the molecule is COc1ccc(NC(=O)C(c2cc(C)ccc2C)N(C(=O)C(CCC(N)=O)NC(=O)OC(C)(C)C)C(C)C)cc1. The molecule has 0 fully saturated rings. The highest BCUT2D eigenvalue weighted by Crippen LogP contribution is 2.30. The van der Waals surface area contributed by atoms with Crippen molar-refractivity contribution in [1.82, 2.24) is 10.2 Å².